The molecule has 10 nitrogen and oxygen atoms in total. The average molecular weight is 489 g/mol. The quantitative estimate of drug-likeness (QED) is 0.393. The lowest BCUT2D eigenvalue weighted by atomic mass is 10.1. The van der Waals surface area contributed by atoms with E-state index in [0.29, 0.717) is 23.0 Å². The summed E-state index contributed by atoms with van der Waals surface area (Å²) in [6.45, 7) is 3.91. The van der Waals surface area contributed by atoms with Gasteiger partial charge in [-0.3, -0.25) is 19.0 Å². The van der Waals surface area contributed by atoms with Crippen molar-refractivity contribution < 1.29 is 9.59 Å². The Hall–Kier alpha value is -4.21. The van der Waals surface area contributed by atoms with E-state index in [1.54, 1.807) is 18.2 Å². The van der Waals surface area contributed by atoms with Gasteiger partial charge in [0.25, 0.3) is 11.5 Å². The fraction of sp³-hybridized carbons (Fsp3) is 0.346. The number of carbonyl (C=O) groups excluding carboxylic acids is 2. The molecule has 1 unspecified atom stereocenters. The third kappa shape index (κ3) is 4.41. The van der Waals surface area contributed by atoms with Crippen molar-refractivity contribution in [2.24, 2.45) is 0 Å². The van der Waals surface area contributed by atoms with E-state index in [1.165, 1.54) is 8.97 Å². The normalized spacial score (nSPS) is 14.2. The zero-order valence-corrected chi connectivity index (χ0v) is 20.2. The molecule has 186 valence electrons. The van der Waals surface area contributed by atoms with E-state index in [2.05, 4.69) is 15.7 Å². The van der Waals surface area contributed by atoms with Crippen LogP contribution in [0.2, 0.25) is 0 Å². The molecule has 1 aliphatic rings. The van der Waals surface area contributed by atoms with E-state index in [9.17, 15) is 19.2 Å². The summed E-state index contributed by atoms with van der Waals surface area (Å²) in [5.41, 5.74) is 0.765. The summed E-state index contributed by atoms with van der Waals surface area (Å²) in [6, 6.07) is 14.1. The monoisotopic (exact) mass is 488 g/mol. The molecule has 1 aliphatic carbocycles. The number of benzene rings is 2. The number of nitrogens with zero attached hydrogens (tertiary/aromatic N) is 4. The van der Waals surface area contributed by atoms with E-state index in [4.69, 9.17) is 0 Å². The van der Waals surface area contributed by atoms with Gasteiger partial charge in [0, 0.05) is 24.2 Å². The van der Waals surface area contributed by atoms with Crippen molar-refractivity contribution in [1.29, 1.82) is 0 Å². The van der Waals surface area contributed by atoms with Gasteiger partial charge in [-0.1, -0.05) is 37.3 Å². The standard InChI is InChI=1S/C26H28N6O4/c1-3-16(2)28-23(34)18-9-12-20-21(13-18)32-25(31(24(20)35)19-10-11-19)29-30(26(32)36)15-22(33)27-14-17-7-5-4-6-8-17/h4-9,12-13,16,19H,3,10-11,14-15H2,1-2H3,(H,27,33)(H,28,34). The van der Waals surface area contributed by atoms with Crippen molar-refractivity contribution in [3.8, 4) is 0 Å². The number of fused-ring (bicyclic) bond motifs is 3. The number of amides is 2. The van der Waals surface area contributed by atoms with Crippen molar-refractivity contribution >= 4 is 28.5 Å². The van der Waals surface area contributed by atoms with E-state index in [0.717, 1.165) is 29.5 Å². The third-order valence-electron chi connectivity index (χ3n) is 6.52. The molecule has 10 heteroatoms. The fourth-order valence-corrected chi connectivity index (χ4v) is 4.18. The molecular formula is C26H28N6O4. The highest BCUT2D eigenvalue weighted by molar-refractivity contribution is 5.98. The molecule has 0 saturated heterocycles. The van der Waals surface area contributed by atoms with Crippen LogP contribution in [0.1, 0.15) is 55.1 Å². The van der Waals surface area contributed by atoms with Gasteiger partial charge < -0.3 is 10.6 Å². The number of carbonyl (C=O) groups is 2. The third-order valence-corrected chi connectivity index (χ3v) is 6.52. The summed E-state index contributed by atoms with van der Waals surface area (Å²) in [4.78, 5) is 52.1. The van der Waals surface area contributed by atoms with Crippen LogP contribution in [0.3, 0.4) is 0 Å². The number of hydrogen-bond acceptors (Lipinski definition) is 5. The Morgan fingerprint density at radius 3 is 2.56 bits per heavy atom. The zero-order chi connectivity index (χ0) is 25.4. The molecule has 36 heavy (non-hydrogen) atoms. The highest BCUT2D eigenvalue weighted by Crippen LogP contribution is 2.35. The van der Waals surface area contributed by atoms with Gasteiger partial charge in [-0.15, -0.1) is 5.10 Å². The number of hydrogen-bond donors (Lipinski definition) is 2. The maximum Gasteiger partial charge on any atom is 0.352 e. The van der Waals surface area contributed by atoms with Gasteiger partial charge in [0.15, 0.2) is 0 Å². The highest BCUT2D eigenvalue weighted by atomic mass is 16.2. The van der Waals surface area contributed by atoms with Crippen LogP contribution in [-0.4, -0.2) is 36.6 Å². The predicted octanol–water partition coefficient (Wildman–Crippen LogP) is 1.99. The van der Waals surface area contributed by atoms with E-state index in [1.807, 2.05) is 44.2 Å². The lowest BCUT2D eigenvalue weighted by Gasteiger charge is -2.13. The van der Waals surface area contributed by atoms with Crippen LogP contribution in [0.4, 0.5) is 0 Å². The molecule has 5 rings (SSSR count). The summed E-state index contributed by atoms with van der Waals surface area (Å²) >= 11 is 0. The van der Waals surface area contributed by atoms with Crippen LogP contribution in [-0.2, 0) is 17.9 Å². The van der Waals surface area contributed by atoms with E-state index < -0.39 is 5.69 Å². The summed E-state index contributed by atoms with van der Waals surface area (Å²) in [5.74, 6) is -0.482. The first-order chi connectivity index (χ1) is 17.4. The van der Waals surface area contributed by atoms with Gasteiger partial charge in [0.05, 0.1) is 10.9 Å². The molecule has 2 heterocycles. The maximum absolute atomic E-state index is 13.4. The molecule has 4 aromatic rings. The molecule has 0 radical (unpaired) electrons. The van der Waals surface area contributed by atoms with Crippen molar-refractivity contribution in [3.05, 3.63) is 80.5 Å². The largest absolute Gasteiger partial charge is 0.352 e. The second-order valence-corrected chi connectivity index (χ2v) is 9.26. The molecule has 0 bridgehead atoms. The molecule has 1 fully saturated rings. The minimum absolute atomic E-state index is 0.0176. The molecule has 1 atom stereocenters. The second-order valence-electron chi connectivity index (χ2n) is 9.26. The predicted molar refractivity (Wildman–Crippen MR) is 135 cm³/mol. The van der Waals surface area contributed by atoms with Gasteiger partial charge >= 0.3 is 5.69 Å². The van der Waals surface area contributed by atoms with Crippen LogP contribution in [0.15, 0.2) is 58.1 Å². The molecule has 2 amide bonds. The van der Waals surface area contributed by atoms with Crippen LogP contribution >= 0.6 is 0 Å². The van der Waals surface area contributed by atoms with E-state index >= 15 is 0 Å². The molecule has 2 aromatic carbocycles. The Balaban J connectivity index is 1.55. The van der Waals surface area contributed by atoms with Gasteiger partial charge in [-0.25, -0.2) is 13.9 Å². The molecule has 2 N–H and O–H groups in total. The van der Waals surface area contributed by atoms with Gasteiger partial charge in [0.1, 0.15) is 6.54 Å². The van der Waals surface area contributed by atoms with Crippen molar-refractivity contribution in [2.45, 2.75) is 58.3 Å². The van der Waals surface area contributed by atoms with Crippen LogP contribution in [0.25, 0.3) is 16.7 Å². The van der Waals surface area contributed by atoms with Gasteiger partial charge in [-0.2, -0.15) is 0 Å². The summed E-state index contributed by atoms with van der Waals surface area (Å²) in [7, 11) is 0. The number of nitrogens with one attached hydrogen (secondary N) is 2. The minimum atomic E-state index is -0.543. The minimum Gasteiger partial charge on any atom is -0.350 e. The van der Waals surface area contributed by atoms with Gasteiger partial charge in [-0.05, 0) is 49.9 Å². The lowest BCUT2D eigenvalue weighted by Crippen LogP contribution is -2.33. The molecule has 2 aromatic heterocycles. The molecule has 0 spiro atoms. The number of rotatable bonds is 8. The first-order valence-corrected chi connectivity index (χ1v) is 12.2. The highest BCUT2D eigenvalue weighted by Gasteiger charge is 2.30. The van der Waals surface area contributed by atoms with Crippen molar-refractivity contribution in [1.82, 2.24) is 29.4 Å². The smallest absolute Gasteiger partial charge is 0.350 e. The van der Waals surface area contributed by atoms with Crippen LogP contribution in [0, 0.1) is 0 Å². The first kappa shape index (κ1) is 23.5. The Morgan fingerprint density at radius 1 is 1.11 bits per heavy atom. The number of aromatic nitrogens is 4. The average Bonchev–Trinajstić information content (AvgIpc) is 3.67. The summed E-state index contributed by atoms with van der Waals surface area (Å²) in [6.07, 6.45) is 2.40. The van der Waals surface area contributed by atoms with Crippen LogP contribution in [0.5, 0.6) is 0 Å². The second kappa shape index (κ2) is 9.44. The molecule has 0 aliphatic heterocycles. The van der Waals surface area contributed by atoms with Crippen LogP contribution < -0.4 is 21.9 Å². The lowest BCUT2D eigenvalue weighted by molar-refractivity contribution is -0.122. The summed E-state index contributed by atoms with van der Waals surface area (Å²) in [5, 5.41) is 10.4. The Kier molecular flexibility index (Phi) is 6.17. The zero-order valence-electron chi connectivity index (χ0n) is 20.2. The van der Waals surface area contributed by atoms with Crippen molar-refractivity contribution in [2.75, 3.05) is 0 Å². The summed E-state index contributed by atoms with van der Waals surface area (Å²) < 4.78 is 3.93. The SMILES string of the molecule is CCC(C)NC(=O)c1ccc2c(=O)n(C3CC3)c3nn(CC(=O)NCc4ccccc4)c(=O)n3c2c1. The Labute approximate surface area is 206 Å². The topological polar surface area (TPSA) is 120 Å². The fourth-order valence-electron chi connectivity index (χ4n) is 4.18. The first-order valence-electron chi connectivity index (χ1n) is 12.2. The van der Waals surface area contributed by atoms with Crippen molar-refractivity contribution in [3.63, 3.8) is 0 Å². The Morgan fingerprint density at radius 2 is 1.86 bits per heavy atom. The van der Waals surface area contributed by atoms with Gasteiger partial charge in [0.2, 0.25) is 11.7 Å². The van der Waals surface area contributed by atoms with E-state index in [-0.39, 0.29) is 41.8 Å². The Bertz CT molecular complexity index is 1580. The molecular weight excluding hydrogens is 460 g/mol. The molecule has 1 saturated carbocycles. The maximum atomic E-state index is 13.4.